The Morgan fingerprint density at radius 1 is 1.13 bits per heavy atom. The van der Waals surface area contributed by atoms with Crippen molar-refractivity contribution in [1.82, 2.24) is 5.32 Å². The van der Waals surface area contributed by atoms with Gasteiger partial charge in [0.05, 0.1) is 11.6 Å². The molecule has 0 spiro atoms. The van der Waals surface area contributed by atoms with Crippen LogP contribution in [0.5, 0.6) is 0 Å². The highest BCUT2D eigenvalue weighted by Crippen LogP contribution is 2.37. The van der Waals surface area contributed by atoms with Gasteiger partial charge in [0, 0.05) is 17.9 Å². The van der Waals surface area contributed by atoms with Gasteiger partial charge in [0.25, 0.3) is 0 Å². The van der Waals surface area contributed by atoms with Gasteiger partial charge >= 0.3 is 0 Å². The van der Waals surface area contributed by atoms with Crippen molar-refractivity contribution in [3.8, 4) is 6.07 Å². The van der Waals surface area contributed by atoms with Crippen molar-refractivity contribution in [2.24, 2.45) is 4.99 Å². The summed E-state index contributed by atoms with van der Waals surface area (Å²) >= 11 is 11.4. The van der Waals surface area contributed by atoms with Crippen LogP contribution in [0.2, 0.25) is 0 Å². The van der Waals surface area contributed by atoms with Gasteiger partial charge in [-0.05, 0) is 94.9 Å². The average molecular weight is 436 g/mol. The molecule has 3 rings (SSSR count). The van der Waals surface area contributed by atoms with Crippen LogP contribution in [0.25, 0.3) is 0 Å². The number of rotatable bonds is 3. The summed E-state index contributed by atoms with van der Waals surface area (Å²) in [6.45, 7) is 10.8. The number of anilines is 2. The van der Waals surface area contributed by atoms with E-state index in [1.54, 1.807) is 0 Å². The van der Waals surface area contributed by atoms with E-state index in [4.69, 9.17) is 29.4 Å². The fourth-order valence-corrected chi connectivity index (χ4v) is 4.31. The highest BCUT2D eigenvalue weighted by Gasteiger charge is 2.48. The maximum Gasteiger partial charge on any atom is 0.194 e. The first-order valence-corrected chi connectivity index (χ1v) is 10.6. The first kappa shape index (κ1) is 21.9. The molecule has 2 aromatic rings. The van der Waals surface area contributed by atoms with Crippen LogP contribution in [0.1, 0.15) is 37.5 Å². The van der Waals surface area contributed by atoms with Gasteiger partial charge in [-0.1, -0.05) is 17.7 Å². The molecule has 30 heavy (non-hydrogen) atoms. The molecule has 154 valence electrons. The van der Waals surface area contributed by atoms with E-state index in [1.807, 2.05) is 36.9 Å². The van der Waals surface area contributed by atoms with E-state index >= 15 is 0 Å². The predicted octanol–water partition coefficient (Wildman–Crippen LogP) is 4.86. The van der Waals surface area contributed by atoms with E-state index in [-0.39, 0.29) is 0 Å². The van der Waals surface area contributed by atoms with E-state index in [0.29, 0.717) is 22.3 Å². The molecule has 0 aliphatic carbocycles. The molecule has 0 atom stereocenters. The van der Waals surface area contributed by atoms with Gasteiger partial charge in [0.2, 0.25) is 0 Å². The zero-order chi connectivity index (χ0) is 22.1. The second-order valence-electron chi connectivity index (χ2n) is 7.73. The second kappa shape index (κ2) is 8.50. The Labute approximate surface area is 189 Å². The second-order valence-corrected chi connectivity index (χ2v) is 8.48. The lowest BCUT2D eigenvalue weighted by molar-refractivity contribution is 0.703. The Balaban J connectivity index is 2.18. The largest absolute Gasteiger partial charge is 0.361 e. The van der Waals surface area contributed by atoms with Gasteiger partial charge in [-0.2, -0.15) is 5.26 Å². The minimum Gasteiger partial charge on any atom is -0.361 e. The maximum absolute atomic E-state index is 9.31. The normalized spacial score (nSPS) is 16.7. The van der Waals surface area contributed by atoms with Gasteiger partial charge < -0.3 is 10.2 Å². The molecule has 0 bridgehead atoms. The number of aliphatic imine (C=N–C) groups is 1. The minimum absolute atomic E-state index is 0.421. The van der Waals surface area contributed by atoms with Crippen molar-refractivity contribution in [3.05, 3.63) is 59.2 Å². The van der Waals surface area contributed by atoms with Gasteiger partial charge in [-0.15, -0.1) is 0 Å². The summed E-state index contributed by atoms with van der Waals surface area (Å²) in [6.07, 6.45) is 0. The van der Waals surface area contributed by atoms with Crippen LogP contribution < -0.4 is 15.1 Å². The molecule has 0 amide bonds. The minimum atomic E-state index is -0.534. The fourth-order valence-electron chi connectivity index (χ4n) is 3.55. The van der Waals surface area contributed by atoms with E-state index in [2.05, 4.69) is 61.3 Å². The van der Waals surface area contributed by atoms with E-state index in [9.17, 15) is 5.26 Å². The topological polar surface area (TPSA) is 54.7 Å². The lowest BCUT2D eigenvalue weighted by atomic mass is 10.0. The van der Waals surface area contributed by atoms with Crippen molar-refractivity contribution >= 4 is 51.9 Å². The standard InChI is InChI=1S/C23H25N5S2/c1-6-25-21(29)26-20-23(4,5)28(18-10-7-15(2)8-11-18)22(30)27(20)19-12-9-17(14-24)16(3)13-19/h7-13H,6H2,1-5H3,(H,25,29). The number of nitrogens with zero attached hydrogens (tertiary/aromatic N) is 4. The molecule has 1 aliphatic rings. The Kier molecular flexibility index (Phi) is 6.20. The average Bonchev–Trinajstić information content (AvgIpc) is 2.88. The van der Waals surface area contributed by atoms with Crippen LogP contribution in [0.4, 0.5) is 11.4 Å². The summed E-state index contributed by atoms with van der Waals surface area (Å²) in [5, 5.41) is 13.4. The Morgan fingerprint density at radius 3 is 2.33 bits per heavy atom. The summed E-state index contributed by atoms with van der Waals surface area (Å²) in [4.78, 5) is 8.81. The molecular formula is C23H25N5S2. The summed E-state index contributed by atoms with van der Waals surface area (Å²) in [5.41, 5.74) is 4.03. The van der Waals surface area contributed by atoms with Crippen LogP contribution in [0.3, 0.4) is 0 Å². The number of aryl methyl sites for hydroxylation is 2. The molecule has 1 fully saturated rings. The molecule has 2 aromatic carbocycles. The number of nitriles is 1. The highest BCUT2D eigenvalue weighted by atomic mass is 32.1. The molecule has 0 unspecified atom stereocenters. The van der Waals surface area contributed by atoms with Crippen LogP contribution in [0.15, 0.2) is 47.5 Å². The molecule has 0 aromatic heterocycles. The SMILES string of the molecule is CCNC(=S)N=C1N(c2ccc(C#N)c(C)c2)C(=S)N(c2ccc(C)cc2)C1(C)C. The van der Waals surface area contributed by atoms with E-state index < -0.39 is 5.54 Å². The molecule has 5 nitrogen and oxygen atoms in total. The summed E-state index contributed by atoms with van der Waals surface area (Å²) in [6, 6.07) is 16.2. The number of thiocarbonyl (C=S) groups is 2. The van der Waals surface area contributed by atoms with Crippen molar-refractivity contribution in [3.63, 3.8) is 0 Å². The molecule has 0 saturated carbocycles. The molecule has 1 heterocycles. The van der Waals surface area contributed by atoms with Crippen LogP contribution >= 0.6 is 24.4 Å². The summed E-state index contributed by atoms with van der Waals surface area (Å²) in [7, 11) is 0. The third kappa shape index (κ3) is 3.93. The van der Waals surface area contributed by atoms with Crippen molar-refractivity contribution in [1.29, 1.82) is 5.26 Å². The molecule has 1 aliphatic heterocycles. The first-order valence-electron chi connectivity index (χ1n) is 9.79. The quantitative estimate of drug-likeness (QED) is 0.695. The third-order valence-electron chi connectivity index (χ3n) is 5.12. The monoisotopic (exact) mass is 435 g/mol. The van der Waals surface area contributed by atoms with Gasteiger partial charge in [0.1, 0.15) is 11.4 Å². The number of amidine groups is 1. The Hall–Kier alpha value is -2.82. The molecule has 0 radical (unpaired) electrons. The maximum atomic E-state index is 9.31. The smallest absolute Gasteiger partial charge is 0.194 e. The van der Waals surface area contributed by atoms with Crippen molar-refractivity contribution in [2.45, 2.75) is 40.2 Å². The zero-order valence-electron chi connectivity index (χ0n) is 17.9. The van der Waals surface area contributed by atoms with Crippen molar-refractivity contribution in [2.75, 3.05) is 16.3 Å². The molecule has 7 heteroatoms. The lowest BCUT2D eigenvalue weighted by Gasteiger charge is -2.31. The van der Waals surface area contributed by atoms with Crippen LogP contribution in [-0.4, -0.2) is 28.1 Å². The molecular weight excluding hydrogens is 410 g/mol. The first-order chi connectivity index (χ1) is 14.2. The number of benzene rings is 2. The number of hydrogen-bond donors (Lipinski definition) is 1. The summed E-state index contributed by atoms with van der Waals surface area (Å²) < 4.78 is 0. The Morgan fingerprint density at radius 2 is 1.77 bits per heavy atom. The van der Waals surface area contributed by atoms with E-state index in [0.717, 1.165) is 22.8 Å². The number of hydrogen-bond acceptors (Lipinski definition) is 3. The predicted molar refractivity (Wildman–Crippen MR) is 132 cm³/mol. The van der Waals surface area contributed by atoms with E-state index in [1.165, 1.54) is 5.56 Å². The van der Waals surface area contributed by atoms with Gasteiger partial charge in [-0.25, -0.2) is 4.99 Å². The number of nitrogens with one attached hydrogen (secondary N) is 1. The van der Waals surface area contributed by atoms with Crippen LogP contribution in [-0.2, 0) is 0 Å². The molecule has 1 N–H and O–H groups in total. The third-order valence-corrected chi connectivity index (χ3v) is 5.72. The van der Waals surface area contributed by atoms with Crippen molar-refractivity contribution < 1.29 is 0 Å². The summed E-state index contributed by atoms with van der Waals surface area (Å²) in [5.74, 6) is 0.739. The fraction of sp³-hybridized carbons (Fsp3) is 0.304. The van der Waals surface area contributed by atoms with Crippen LogP contribution in [0, 0.1) is 25.2 Å². The lowest BCUT2D eigenvalue weighted by Crippen LogP contribution is -2.45. The van der Waals surface area contributed by atoms with Gasteiger partial charge in [0.15, 0.2) is 10.2 Å². The van der Waals surface area contributed by atoms with Gasteiger partial charge in [-0.3, -0.25) is 4.90 Å². The zero-order valence-corrected chi connectivity index (χ0v) is 19.5. The Bertz CT molecular complexity index is 1060. The highest BCUT2D eigenvalue weighted by molar-refractivity contribution is 7.81. The molecule has 1 saturated heterocycles.